The molecule has 0 fully saturated rings. The topological polar surface area (TPSA) is 15.3 Å². The van der Waals surface area contributed by atoms with E-state index in [1.807, 2.05) is 0 Å². The van der Waals surface area contributed by atoms with Crippen LogP contribution in [0.2, 0.25) is 0 Å². The highest BCUT2D eigenvalue weighted by atomic mass is 15.1. The summed E-state index contributed by atoms with van der Waals surface area (Å²) in [4.78, 5) is 2.35. The van der Waals surface area contributed by atoms with Crippen LogP contribution in [0.15, 0.2) is 0 Å². The highest BCUT2D eigenvalue weighted by Crippen LogP contribution is 2.08. The van der Waals surface area contributed by atoms with Crippen LogP contribution in [0.3, 0.4) is 0 Å². The van der Waals surface area contributed by atoms with E-state index in [9.17, 15) is 0 Å². The average molecular weight is 242 g/mol. The maximum Gasteiger partial charge on any atom is 0.0216 e. The lowest BCUT2D eigenvalue weighted by atomic mass is 10.0. The SMILES string of the molecule is CCCCCCCNCC(CC(C)C)N(C)C. The molecule has 2 nitrogen and oxygen atoms in total. The molecule has 0 aromatic carbocycles. The second-order valence-electron chi connectivity index (χ2n) is 5.87. The van der Waals surface area contributed by atoms with Crippen LogP contribution in [-0.2, 0) is 0 Å². The van der Waals surface area contributed by atoms with Crippen LogP contribution in [0.25, 0.3) is 0 Å². The Balaban J connectivity index is 3.48. The Morgan fingerprint density at radius 1 is 1.00 bits per heavy atom. The Morgan fingerprint density at radius 2 is 1.65 bits per heavy atom. The first-order valence-electron chi connectivity index (χ1n) is 7.45. The lowest BCUT2D eigenvalue weighted by Gasteiger charge is -2.26. The Hall–Kier alpha value is -0.0800. The first kappa shape index (κ1) is 16.9. The average Bonchev–Trinajstić information content (AvgIpc) is 2.25. The summed E-state index contributed by atoms with van der Waals surface area (Å²) >= 11 is 0. The van der Waals surface area contributed by atoms with Crippen molar-refractivity contribution < 1.29 is 0 Å². The zero-order valence-corrected chi connectivity index (χ0v) is 12.8. The Kier molecular flexibility index (Phi) is 11.0. The van der Waals surface area contributed by atoms with Gasteiger partial charge in [0, 0.05) is 12.6 Å². The van der Waals surface area contributed by atoms with E-state index in [2.05, 4.69) is 45.1 Å². The van der Waals surface area contributed by atoms with Crippen LogP contribution in [-0.4, -0.2) is 38.1 Å². The van der Waals surface area contributed by atoms with Crippen molar-refractivity contribution in [2.75, 3.05) is 27.2 Å². The van der Waals surface area contributed by atoms with E-state index < -0.39 is 0 Å². The van der Waals surface area contributed by atoms with Gasteiger partial charge < -0.3 is 10.2 Å². The number of nitrogens with one attached hydrogen (secondary N) is 1. The molecule has 0 spiro atoms. The largest absolute Gasteiger partial charge is 0.315 e. The van der Waals surface area contributed by atoms with E-state index >= 15 is 0 Å². The van der Waals surface area contributed by atoms with Gasteiger partial charge in [-0.3, -0.25) is 0 Å². The van der Waals surface area contributed by atoms with E-state index in [1.54, 1.807) is 0 Å². The van der Waals surface area contributed by atoms with Crippen LogP contribution in [0.5, 0.6) is 0 Å². The zero-order valence-electron chi connectivity index (χ0n) is 12.8. The molecule has 0 aromatic heterocycles. The molecular formula is C15H34N2. The van der Waals surface area contributed by atoms with E-state index in [1.165, 1.54) is 45.1 Å². The molecule has 0 aliphatic rings. The molecule has 0 saturated carbocycles. The molecule has 104 valence electrons. The van der Waals surface area contributed by atoms with Crippen molar-refractivity contribution in [1.29, 1.82) is 0 Å². The number of rotatable bonds is 11. The molecule has 0 aliphatic heterocycles. The van der Waals surface area contributed by atoms with Gasteiger partial charge in [-0.1, -0.05) is 46.5 Å². The highest BCUT2D eigenvalue weighted by molar-refractivity contribution is 4.70. The van der Waals surface area contributed by atoms with Gasteiger partial charge in [-0.05, 0) is 39.4 Å². The van der Waals surface area contributed by atoms with Gasteiger partial charge in [0.1, 0.15) is 0 Å². The van der Waals surface area contributed by atoms with Crippen molar-refractivity contribution in [3.05, 3.63) is 0 Å². The predicted molar refractivity (Wildman–Crippen MR) is 78.6 cm³/mol. The van der Waals surface area contributed by atoms with Crippen molar-refractivity contribution in [2.45, 2.75) is 65.3 Å². The standard InChI is InChI=1S/C15H34N2/c1-6-7-8-9-10-11-16-13-15(17(4)5)12-14(2)3/h14-16H,6-13H2,1-5H3. The monoisotopic (exact) mass is 242 g/mol. The highest BCUT2D eigenvalue weighted by Gasteiger charge is 2.12. The van der Waals surface area contributed by atoms with Crippen molar-refractivity contribution in [2.24, 2.45) is 5.92 Å². The maximum absolute atomic E-state index is 3.61. The van der Waals surface area contributed by atoms with Gasteiger partial charge in [-0.2, -0.15) is 0 Å². The molecule has 0 rings (SSSR count). The van der Waals surface area contributed by atoms with Gasteiger partial charge >= 0.3 is 0 Å². The summed E-state index contributed by atoms with van der Waals surface area (Å²) in [6.07, 6.45) is 8.15. The third-order valence-corrected chi connectivity index (χ3v) is 3.31. The fourth-order valence-corrected chi connectivity index (χ4v) is 2.14. The second-order valence-corrected chi connectivity index (χ2v) is 5.87. The summed E-state index contributed by atoms with van der Waals surface area (Å²) in [7, 11) is 4.38. The lowest BCUT2D eigenvalue weighted by Crippen LogP contribution is -2.39. The number of hydrogen-bond acceptors (Lipinski definition) is 2. The van der Waals surface area contributed by atoms with Gasteiger partial charge in [-0.25, -0.2) is 0 Å². The van der Waals surface area contributed by atoms with Crippen molar-refractivity contribution >= 4 is 0 Å². The van der Waals surface area contributed by atoms with E-state index in [0.29, 0.717) is 6.04 Å². The maximum atomic E-state index is 3.61. The van der Waals surface area contributed by atoms with Crippen LogP contribution in [0.4, 0.5) is 0 Å². The summed E-state index contributed by atoms with van der Waals surface area (Å²) in [5.74, 6) is 0.786. The number of hydrogen-bond donors (Lipinski definition) is 1. The quantitative estimate of drug-likeness (QED) is 0.558. The minimum absolute atomic E-state index is 0.686. The summed E-state index contributed by atoms with van der Waals surface area (Å²) in [6, 6.07) is 0.686. The lowest BCUT2D eigenvalue weighted by molar-refractivity contribution is 0.247. The molecule has 1 unspecified atom stereocenters. The molecule has 0 heterocycles. The molecular weight excluding hydrogens is 208 g/mol. The Morgan fingerprint density at radius 3 is 2.18 bits per heavy atom. The van der Waals surface area contributed by atoms with Crippen LogP contribution < -0.4 is 5.32 Å². The van der Waals surface area contributed by atoms with E-state index in [4.69, 9.17) is 0 Å². The normalized spacial score (nSPS) is 13.6. The van der Waals surface area contributed by atoms with Gasteiger partial charge in [-0.15, -0.1) is 0 Å². The molecule has 0 aromatic rings. The number of likely N-dealkylation sites (N-methyl/N-ethyl adjacent to an activating group) is 1. The van der Waals surface area contributed by atoms with Gasteiger partial charge in [0.25, 0.3) is 0 Å². The Labute approximate surface area is 109 Å². The third kappa shape index (κ3) is 10.8. The fraction of sp³-hybridized carbons (Fsp3) is 1.00. The van der Waals surface area contributed by atoms with E-state index in [-0.39, 0.29) is 0 Å². The predicted octanol–water partition coefficient (Wildman–Crippen LogP) is 3.52. The van der Waals surface area contributed by atoms with Gasteiger partial charge in [0.15, 0.2) is 0 Å². The molecule has 0 saturated heterocycles. The summed E-state index contributed by atoms with van der Waals surface area (Å²) in [5, 5.41) is 3.61. The van der Waals surface area contributed by atoms with Gasteiger partial charge in [0.2, 0.25) is 0 Å². The minimum atomic E-state index is 0.686. The molecule has 0 aliphatic carbocycles. The number of nitrogens with zero attached hydrogens (tertiary/aromatic N) is 1. The fourth-order valence-electron chi connectivity index (χ4n) is 2.14. The summed E-state index contributed by atoms with van der Waals surface area (Å²) in [5.41, 5.74) is 0. The van der Waals surface area contributed by atoms with Crippen molar-refractivity contribution in [3.8, 4) is 0 Å². The first-order valence-corrected chi connectivity index (χ1v) is 7.45. The van der Waals surface area contributed by atoms with Crippen LogP contribution in [0.1, 0.15) is 59.3 Å². The van der Waals surface area contributed by atoms with Gasteiger partial charge in [0.05, 0.1) is 0 Å². The second kappa shape index (κ2) is 11.0. The van der Waals surface area contributed by atoms with E-state index in [0.717, 1.165) is 12.5 Å². The van der Waals surface area contributed by atoms with Crippen LogP contribution in [0, 0.1) is 5.92 Å². The van der Waals surface area contributed by atoms with Crippen LogP contribution >= 0.6 is 0 Å². The Bertz CT molecular complexity index is 155. The zero-order chi connectivity index (χ0) is 13.1. The third-order valence-electron chi connectivity index (χ3n) is 3.31. The summed E-state index contributed by atoms with van der Waals surface area (Å²) < 4.78 is 0. The smallest absolute Gasteiger partial charge is 0.0216 e. The molecule has 17 heavy (non-hydrogen) atoms. The molecule has 1 atom stereocenters. The van der Waals surface area contributed by atoms with Crippen molar-refractivity contribution in [1.82, 2.24) is 10.2 Å². The molecule has 0 radical (unpaired) electrons. The number of unbranched alkanes of at least 4 members (excludes halogenated alkanes) is 4. The molecule has 0 bridgehead atoms. The first-order chi connectivity index (χ1) is 8.07. The molecule has 2 heteroatoms. The van der Waals surface area contributed by atoms with Crippen molar-refractivity contribution in [3.63, 3.8) is 0 Å². The molecule has 1 N–H and O–H groups in total. The summed E-state index contributed by atoms with van der Waals surface area (Å²) in [6.45, 7) is 9.21. The minimum Gasteiger partial charge on any atom is -0.315 e. The molecule has 0 amide bonds.